The Morgan fingerprint density at radius 3 is 2.59 bits per heavy atom. The van der Waals surface area contributed by atoms with Crippen molar-refractivity contribution in [1.29, 1.82) is 0 Å². The summed E-state index contributed by atoms with van der Waals surface area (Å²) < 4.78 is 5.07. The Labute approximate surface area is 130 Å². The standard InChI is InChI=1S/C16H22N2O4/c1-5-8-22-10-13(15(20)21)18-14(19)12-7-6-11(9-17-12)16(2,3)4/h5-7,9,13H,1,8,10H2,2-4H3,(H,18,19)(H,20,21). The van der Waals surface area contributed by atoms with E-state index >= 15 is 0 Å². The fourth-order valence-electron chi connectivity index (χ4n) is 1.65. The number of nitrogens with zero attached hydrogens (tertiary/aromatic N) is 1. The van der Waals surface area contributed by atoms with Crippen LogP contribution in [-0.4, -0.2) is 41.2 Å². The Morgan fingerprint density at radius 2 is 2.14 bits per heavy atom. The number of carbonyl (C=O) groups is 2. The molecule has 0 saturated heterocycles. The maximum Gasteiger partial charge on any atom is 0.328 e. The molecule has 6 heteroatoms. The van der Waals surface area contributed by atoms with E-state index in [2.05, 4.69) is 16.9 Å². The van der Waals surface area contributed by atoms with E-state index < -0.39 is 17.9 Å². The first-order chi connectivity index (χ1) is 10.3. The second kappa shape index (κ2) is 7.70. The van der Waals surface area contributed by atoms with Crippen molar-refractivity contribution in [3.8, 4) is 0 Å². The first-order valence-corrected chi connectivity index (χ1v) is 6.94. The van der Waals surface area contributed by atoms with Crippen molar-refractivity contribution >= 4 is 11.9 Å². The number of carboxylic acids is 1. The summed E-state index contributed by atoms with van der Waals surface area (Å²) in [6.07, 6.45) is 3.13. The largest absolute Gasteiger partial charge is 0.480 e. The van der Waals surface area contributed by atoms with Gasteiger partial charge in [0, 0.05) is 6.20 Å². The van der Waals surface area contributed by atoms with Crippen LogP contribution in [0, 0.1) is 0 Å². The van der Waals surface area contributed by atoms with Crippen LogP contribution in [0.5, 0.6) is 0 Å². The molecule has 0 aliphatic rings. The zero-order chi connectivity index (χ0) is 16.8. The highest BCUT2D eigenvalue weighted by atomic mass is 16.5. The predicted octanol–water partition coefficient (Wildman–Crippen LogP) is 1.76. The number of aliphatic carboxylic acids is 1. The van der Waals surface area contributed by atoms with E-state index in [1.165, 1.54) is 6.08 Å². The molecule has 2 N–H and O–H groups in total. The number of hydrogen-bond donors (Lipinski definition) is 2. The van der Waals surface area contributed by atoms with E-state index in [4.69, 9.17) is 9.84 Å². The summed E-state index contributed by atoms with van der Waals surface area (Å²) in [6, 6.07) is 2.27. The number of pyridine rings is 1. The summed E-state index contributed by atoms with van der Waals surface area (Å²) in [5.74, 6) is -1.71. The third kappa shape index (κ3) is 5.29. The van der Waals surface area contributed by atoms with Gasteiger partial charge in [-0.2, -0.15) is 0 Å². The minimum absolute atomic E-state index is 0.0653. The van der Waals surface area contributed by atoms with Crippen molar-refractivity contribution < 1.29 is 19.4 Å². The molecule has 0 spiro atoms. The second-order valence-corrected chi connectivity index (χ2v) is 5.87. The van der Waals surface area contributed by atoms with E-state index in [1.807, 2.05) is 26.8 Å². The third-order valence-electron chi connectivity index (χ3n) is 2.99. The molecule has 6 nitrogen and oxygen atoms in total. The van der Waals surface area contributed by atoms with Gasteiger partial charge < -0.3 is 15.2 Å². The maximum absolute atomic E-state index is 12.0. The summed E-state index contributed by atoms with van der Waals surface area (Å²) >= 11 is 0. The van der Waals surface area contributed by atoms with Gasteiger partial charge in [0.1, 0.15) is 5.69 Å². The SMILES string of the molecule is C=CCOCC(NC(=O)c1ccc(C(C)(C)C)cn1)C(=O)O. The van der Waals surface area contributed by atoms with Gasteiger partial charge in [-0.05, 0) is 17.0 Å². The maximum atomic E-state index is 12.0. The number of rotatable bonds is 7. The van der Waals surface area contributed by atoms with Crippen LogP contribution in [0.1, 0.15) is 36.8 Å². The van der Waals surface area contributed by atoms with Crippen LogP contribution >= 0.6 is 0 Å². The van der Waals surface area contributed by atoms with Gasteiger partial charge in [-0.25, -0.2) is 4.79 Å². The minimum Gasteiger partial charge on any atom is -0.480 e. The molecule has 120 valence electrons. The molecule has 1 atom stereocenters. The van der Waals surface area contributed by atoms with Crippen molar-refractivity contribution in [2.45, 2.75) is 32.2 Å². The normalized spacial score (nSPS) is 12.5. The molecule has 0 saturated carbocycles. The second-order valence-electron chi connectivity index (χ2n) is 5.87. The molecular formula is C16H22N2O4. The number of nitrogens with one attached hydrogen (secondary N) is 1. The number of hydrogen-bond acceptors (Lipinski definition) is 4. The Bertz CT molecular complexity index is 532. The zero-order valence-electron chi connectivity index (χ0n) is 13.1. The smallest absolute Gasteiger partial charge is 0.328 e. The average Bonchev–Trinajstić information content (AvgIpc) is 2.45. The highest BCUT2D eigenvalue weighted by molar-refractivity contribution is 5.94. The number of amides is 1. The van der Waals surface area contributed by atoms with Crippen LogP contribution in [0.2, 0.25) is 0 Å². The number of carbonyl (C=O) groups excluding carboxylic acids is 1. The highest BCUT2D eigenvalue weighted by Crippen LogP contribution is 2.20. The summed E-state index contributed by atoms with van der Waals surface area (Å²) in [5.41, 5.74) is 1.10. The van der Waals surface area contributed by atoms with Crippen LogP contribution in [0.4, 0.5) is 0 Å². The molecule has 0 bridgehead atoms. The molecule has 1 rings (SSSR count). The minimum atomic E-state index is -1.16. The topological polar surface area (TPSA) is 88.5 Å². The summed E-state index contributed by atoms with van der Waals surface area (Å²) in [6.45, 7) is 9.69. The number of aromatic nitrogens is 1. The van der Waals surface area contributed by atoms with Crippen molar-refractivity contribution in [3.05, 3.63) is 42.2 Å². The van der Waals surface area contributed by atoms with Gasteiger partial charge in [-0.1, -0.05) is 32.9 Å². The van der Waals surface area contributed by atoms with Crippen LogP contribution in [0.15, 0.2) is 31.0 Å². The van der Waals surface area contributed by atoms with E-state index in [-0.39, 0.29) is 24.3 Å². The Balaban J connectivity index is 2.73. The van der Waals surface area contributed by atoms with Crippen LogP contribution in [0.3, 0.4) is 0 Å². The third-order valence-corrected chi connectivity index (χ3v) is 2.99. The van der Waals surface area contributed by atoms with Gasteiger partial charge in [-0.15, -0.1) is 6.58 Å². The average molecular weight is 306 g/mol. The van der Waals surface area contributed by atoms with Gasteiger partial charge in [0.15, 0.2) is 6.04 Å². The lowest BCUT2D eigenvalue weighted by molar-refractivity contribution is -0.140. The first-order valence-electron chi connectivity index (χ1n) is 6.94. The summed E-state index contributed by atoms with van der Waals surface area (Å²) in [7, 11) is 0. The number of carboxylic acid groups (broad SMARTS) is 1. The van der Waals surface area contributed by atoms with Crippen LogP contribution < -0.4 is 5.32 Å². The predicted molar refractivity (Wildman–Crippen MR) is 82.8 cm³/mol. The lowest BCUT2D eigenvalue weighted by atomic mass is 9.88. The van der Waals surface area contributed by atoms with Crippen molar-refractivity contribution in [2.75, 3.05) is 13.2 Å². The van der Waals surface area contributed by atoms with E-state index in [0.29, 0.717) is 0 Å². The van der Waals surface area contributed by atoms with Gasteiger partial charge in [0.05, 0.1) is 13.2 Å². The monoisotopic (exact) mass is 306 g/mol. The summed E-state index contributed by atoms with van der Waals surface area (Å²) in [4.78, 5) is 27.2. The van der Waals surface area contributed by atoms with Gasteiger partial charge in [0.2, 0.25) is 0 Å². The van der Waals surface area contributed by atoms with Gasteiger partial charge in [-0.3, -0.25) is 9.78 Å². The lowest BCUT2D eigenvalue weighted by Crippen LogP contribution is -2.44. The van der Waals surface area contributed by atoms with Crippen LogP contribution in [-0.2, 0) is 14.9 Å². The van der Waals surface area contributed by atoms with Gasteiger partial charge in [0.25, 0.3) is 5.91 Å². The lowest BCUT2D eigenvalue weighted by Gasteiger charge is -2.18. The van der Waals surface area contributed by atoms with E-state index in [0.717, 1.165) is 5.56 Å². The fourth-order valence-corrected chi connectivity index (χ4v) is 1.65. The first kappa shape index (κ1) is 17.8. The molecular weight excluding hydrogens is 284 g/mol. The molecule has 22 heavy (non-hydrogen) atoms. The summed E-state index contributed by atoms with van der Waals surface area (Å²) in [5, 5.41) is 11.5. The van der Waals surface area contributed by atoms with Crippen molar-refractivity contribution in [1.82, 2.24) is 10.3 Å². The molecule has 1 unspecified atom stereocenters. The molecule has 0 aliphatic carbocycles. The molecule has 1 aromatic heterocycles. The quantitative estimate of drug-likeness (QED) is 0.592. The molecule has 0 aliphatic heterocycles. The Kier molecular flexibility index (Phi) is 6.24. The molecule has 0 fully saturated rings. The molecule has 0 aromatic carbocycles. The molecule has 1 heterocycles. The van der Waals surface area contributed by atoms with Crippen molar-refractivity contribution in [3.63, 3.8) is 0 Å². The van der Waals surface area contributed by atoms with Crippen LogP contribution in [0.25, 0.3) is 0 Å². The zero-order valence-corrected chi connectivity index (χ0v) is 13.1. The molecule has 0 radical (unpaired) electrons. The molecule has 1 aromatic rings. The number of ether oxygens (including phenoxy) is 1. The Hall–Kier alpha value is -2.21. The Morgan fingerprint density at radius 1 is 1.45 bits per heavy atom. The van der Waals surface area contributed by atoms with E-state index in [9.17, 15) is 9.59 Å². The van der Waals surface area contributed by atoms with Gasteiger partial charge >= 0.3 is 5.97 Å². The fraction of sp³-hybridized carbons (Fsp3) is 0.438. The van der Waals surface area contributed by atoms with E-state index in [1.54, 1.807) is 12.3 Å². The highest BCUT2D eigenvalue weighted by Gasteiger charge is 2.22. The molecule has 1 amide bonds. The van der Waals surface area contributed by atoms with Crippen molar-refractivity contribution in [2.24, 2.45) is 0 Å².